The first-order valence-electron chi connectivity index (χ1n) is 11.5. The average molecular weight is 456 g/mol. The third kappa shape index (κ3) is 4.47. The van der Waals surface area contributed by atoms with Crippen LogP contribution >= 0.6 is 0 Å². The van der Waals surface area contributed by atoms with Crippen molar-refractivity contribution in [3.63, 3.8) is 0 Å². The highest BCUT2D eigenvalue weighted by molar-refractivity contribution is 5.74. The second-order valence-electron chi connectivity index (χ2n) is 9.29. The van der Waals surface area contributed by atoms with Crippen LogP contribution in [0.1, 0.15) is 5.69 Å². The molecule has 2 fully saturated rings. The molecule has 2 aliphatic heterocycles. The lowest BCUT2D eigenvalue weighted by Gasteiger charge is -2.25. The van der Waals surface area contributed by atoms with Crippen LogP contribution in [0.2, 0.25) is 0 Å². The molecule has 2 aliphatic rings. The summed E-state index contributed by atoms with van der Waals surface area (Å²) in [6.07, 6.45) is 1.85. The molecule has 1 aromatic carbocycles. The summed E-state index contributed by atoms with van der Waals surface area (Å²) < 4.78 is 0. The first-order chi connectivity index (χ1) is 16.5. The summed E-state index contributed by atoms with van der Waals surface area (Å²) >= 11 is 0. The number of para-hydroxylation sites is 1. The molecule has 2 unspecified atom stereocenters. The van der Waals surface area contributed by atoms with Crippen LogP contribution < -0.4 is 15.5 Å². The van der Waals surface area contributed by atoms with E-state index in [1.54, 1.807) is 12.1 Å². The summed E-state index contributed by atoms with van der Waals surface area (Å²) in [6, 6.07) is 13.3. The van der Waals surface area contributed by atoms with Crippen molar-refractivity contribution in [3.05, 3.63) is 54.4 Å². The lowest BCUT2D eigenvalue weighted by atomic mass is 10.0. The molecule has 5 rings (SSSR count). The summed E-state index contributed by atoms with van der Waals surface area (Å²) in [5.41, 5.74) is 10.4. The zero-order valence-electron chi connectivity index (χ0n) is 19.5. The molecular weight excluding hydrogens is 426 g/mol. The topological polar surface area (TPSA) is 94.6 Å². The SMILES string of the molecule is CN(C)CC#Cc1cc(N2CC3CN(c4cc(-c5ccccc5O)nnc4N)CC3C2)ccn1. The van der Waals surface area contributed by atoms with Crippen LogP contribution in [0.25, 0.3) is 11.3 Å². The number of phenols is 1. The van der Waals surface area contributed by atoms with Gasteiger partial charge in [-0.3, -0.25) is 4.90 Å². The molecule has 8 nitrogen and oxygen atoms in total. The molecule has 3 N–H and O–H groups in total. The Balaban J connectivity index is 1.29. The number of anilines is 3. The van der Waals surface area contributed by atoms with E-state index in [0.29, 0.717) is 35.5 Å². The van der Waals surface area contributed by atoms with Gasteiger partial charge in [-0.1, -0.05) is 18.1 Å². The first kappa shape index (κ1) is 22.0. The highest BCUT2D eigenvalue weighted by atomic mass is 16.3. The zero-order valence-corrected chi connectivity index (χ0v) is 19.5. The van der Waals surface area contributed by atoms with Crippen LogP contribution in [0.3, 0.4) is 0 Å². The Kier molecular flexibility index (Phi) is 5.95. The van der Waals surface area contributed by atoms with E-state index in [-0.39, 0.29) is 5.75 Å². The number of rotatable bonds is 4. The van der Waals surface area contributed by atoms with Gasteiger partial charge in [-0.15, -0.1) is 10.2 Å². The van der Waals surface area contributed by atoms with E-state index in [1.165, 1.54) is 5.69 Å². The van der Waals surface area contributed by atoms with E-state index in [1.807, 2.05) is 43.4 Å². The van der Waals surface area contributed by atoms with E-state index in [0.717, 1.165) is 37.6 Å². The van der Waals surface area contributed by atoms with Crippen molar-refractivity contribution in [1.29, 1.82) is 0 Å². The quantitative estimate of drug-likeness (QED) is 0.579. The second kappa shape index (κ2) is 9.20. The fraction of sp³-hybridized carbons (Fsp3) is 0.346. The molecule has 174 valence electrons. The molecule has 0 bridgehead atoms. The van der Waals surface area contributed by atoms with Crippen molar-refractivity contribution in [2.75, 3.05) is 62.4 Å². The number of hydrogen-bond acceptors (Lipinski definition) is 8. The molecule has 0 spiro atoms. The molecule has 0 amide bonds. The highest BCUT2D eigenvalue weighted by Gasteiger charge is 2.41. The van der Waals surface area contributed by atoms with Gasteiger partial charge in [-0.05, 0) is 50.3 Å². The summed E-state index contributed by atoms with van der Waals surface area (Å²) in [6.45, 7) is 4.52. The van der Waals surface area contributed by atoms with Crippen LogP contribution in [0, 0.1) is 23.7 Å². The number of phenolic OH excluding ortho intramolecular Hbond substituents is 1. The summed E-state index contributed by atoms with van der Waals surface area (Å²) in [5.74, 6) is 8.01. The Hall–Kier alpha value is -3.83. The lowest BCUT2D eigenvalue weighted by molar-refractivity contribution is 0.464. The average Bonchev–Trinajstić information content (AvgIpc) is 3.39. The van der Waals surface area contributed by atoms with E-state index in [2.05, 4.69) is 49.0 Å². The van der Waals surface area contributed by atoms with Crippen molar-refractivity contribution in [1.82, 2.24) is 20.1 Å². The molecule has 0 aliphatic carbocycles. The maximum absolute atomic E-state index is 10.2. The Labute approximate surface area is 200 Å². The van der Waals surface area contributed by atoms with Gasteiger partial charge < -0.3 is 20.6 Å². The molecule has 8 heteroatoms. The molecule has 2 aromatic heterocycles. The van der Waals surface area contributed by atoms with Crippen LogP contribution in [0.4, 0.5) is 17.2 Å². The molecule has 2 atom stereocenters. The van der Waals surface area contributed by atoms with Gasteiger partial charge in [-0.2, -0.15) is 0 Å². The minimum atomic E-state index is 0.185. The van der Waals surface area contributed by atoms with Gasteiger partial charge in [-0.25, -0.2) is 4.98 Å². The van der Waals surface area contributed by atoms with Crippen molar-refractivity contribution >= 4 is 17.2 Å². The summed E-state index contributed by atoms with van der Waals surface area (Å²) in [7, 11) is 4.01. The predicted molar refractivity (Wildman–Crippen MR) is 135 cm³/mol. The predicted octanol–water partition coefficient (Wildman–Crippen LogP) is 2.31. The van der Waals surface area contributed by atoms with Gasteiger partial charge in [0, 0.05) is 55.5 Å². The number of hydrogen-bond donors (Lipinski definition) is 2. The number of nitrogens with two attached hydrogens (primary N) is 1. The van der Waals surface area contributed by atoms with Crippen LogP contribution in [-0.2, 0) is 0 Å². The summed E-state index contributed by atoms with van der Waals surface area (Å²) in [5, 5.41) is 18.6. The van der Waals surface area contributed by atoms with E-state index >= 15 is 0 Å². The molecule has 0 saturated carbocycles. The number of nitrogens with zero attached hydrogens (tertiary/aromatic N) is 6. The van der Waals surface area contributed by atoms with E-state index < -0.39 is 0 Å². The van der Waals surface area contributed by atoms with Crippen molar-refractivity contribution in [2.24, 2.45) is 11.8 Å². The highest BCUT2D eigenvalue weighted by Crippen LogP contribution is 2.39. The third-order valence-electron chi connectivity index (χ3n) is 6.53. The van der Waals surface area contributed by atoms with Gasteiger partial charge in [0.2, 0.25) is 0 Å². The molecule has 3 aromatic rings. The standard InChI is InChI=1S/C26H29N7O/c1-31(2)11-5-6-20-12-21(9-10-28-20)32-14-18-16-33(17-19(18)15-32)24-13-23(29-30-26(24)27)22-7-3-4-8-25(22)34/h3-4,7-10,12-13,18-19,34H,11,14-17H2,1-2H3,(H2,27,30). The second-order valence-corrected chi connectivity index (χ2v) is 9.29. The number of aromatic hydroxyl groups is 1. The fourth-order valence-electron chi connectivity index (χ4n) is 4.84. The van der Waals surface area contributed by atoms with Crippen LogP contribution in [0.15, 0.2) is 48.7 Å². The lowest BCUT2D eigenvalue weighted by Crippen LogP contribution is -2.29. The maximum Gasteiger partial charge on any atom is 0.169 e. The largest absolute Gasteiger partial charge is 0.507 e. The monoisotopic (exact) mass is 455 g/mol. The van der Waals surface area contributed by atoms with Crippen LogP contribution in [-0.4, -0.2) is 72.0 Å². The smallest absolute Gasteiger partial charge is 0.169 e. The van der Waals surface area contributed by atoms with Crippen LogP contribution in [0.5, 0.6) is 5.75 Å². The third-order valence-corrected chi connectivity index (χ3v) is 6.53. The molecule has 4 heterocycles. The van der Waals surface area contributed by atoms with Gasteiger partial charge in [0.05, 0.1) is 17.9 Å². The minimum Gasteiger partial charge on any atom is -0.507 e. The van der Waals surface area contributed by atoms with Crippen molar-refractivity contribution < 1.29 is 5.11 Å². The van der Waals surface area contributed by atoms with Crippen molar-refractivity contribution in [3.8, 4) is 28.8 Å². The van der Waals surface area contributed by atoms with Gasteiger partial charge in [0.15, 0.2) is 5.82 Å². The van der Waals surface area contributed by atoms with Gasteiger partial charge in [0.25, 0.3) is 0 Å². The Morgan fingerprint density at radius 3 is 2.50 bits per heavy atom. The number of nitrogen functional groups attached to an aromatic ring is 1. The molecule has 2 saturated heterocycles. The molecular formula is C26H29N7O. The molecule has 0 radical (unpaired) electrons. The maximum atomic E-state index is 10.2. The minimum absolute atomic E-state index is 0.185. The Morgan fingerprint density at radius 1 is 1.03 bits per heavy atom. The molecule has 34 heavy (non-hydrogen) atoms. The normalized spacial score (nSPS) is 19.3. The number of fused-ring (bicyclic) bond motifs is 1. The van der Waals surface area contributed by atoms with Gasteiger partial charge >= 0.3 is 0 Å². The first-order valence-corrected chi connectivity index (χ1v) is 11.5. The number of pyridine rings is 1. The number of aromatic nitrogens is 3. The van der Waals surface area contributed by atoms with Gasteiger partial charge in [0.1, 0.15) is 11.4 Å². The van der Waals surface area contributed by atoms with Crippen molar-refractivity contribution in [2.45, 2.75) is 0 Å². The fourth-order valence-corrected chi connectivity index (χ4v) is 4.84. The Bertz CT molecular complexity index is 1240. The summed E-state index contributed by atoms with van der Waals surface area (Å²) in [4.78, 5) is 11.2. The Morgan fingerprint density at radius 2 is 1.76 bits per heavy atom. The van der Waals surface area contributed by atoms with E-state index in [4.69, 9.17) is 5.73 Å². The zero-order chi connectivity index (χ0) is 23.7. The van der Waals surface area contributed by atoms with E-state index in [9.17, 15) is 5.11 Å². The number of benzene rings is 1.